The molecule has 0 aliphatic rings. The fraction of sp³-hybridized carbons (Fsp3) is 0.167. The van der Waals surface area contributed by atoms with Crippen molar-refractivity contribution in [2.45, 2.75) is 13.3 Å². The lowest BCUT2D eigenvalue weighted by molar-refractivity contribution is 0.415. The van der Waals surface area contributed by atoms with Gasteiger partial charge in [0.25, 0.3) is 0 Å². The van der Waals surface area contributed by atoms with E-state index in [2.05, 4.69) is 22.2 Å². The summed E-state index contributed by atoms with van der Waals surface area (Å²) in [6.07, 6.45) is 4.51. The lowest BCUT2D eigenvalue weighted by Crippen LogP contribution is -1.94. The molecule has 0 saturated heterocycles. The van der Waals surface area contributed by atoms with Crippen LogP contribution in [0.4, 0.5) is 10.8 Å². The van der Waals surface area contributed by atoms with Gasteiger partial charge in [-0.15, -0.1) is 11.3 Å². The number of ether oxygens (including phenoxy) is 1. The van der Waals surface area contributed by atoms with Crippen LogP contribution in [0.25, 0.3) is 17.2 Å². The van der Waals surface area contributed by atoms with E-state index >= 15 is 0 Å². The quantitative estimate of drug-likeness (QED) is 0.533. The largest absolute Gasteiger partial charge is 0.495 e. The van der Waals surface area contributed by atoms with E-state index in [1.807, 2.05) is 40.2 Å². The number of imidazole rings is 1. The van der Waals surface area contributed by atoms with E-state index in [0.29, 0.717) is 16.5 Å². The Hall–Kier alpha value is -2.64. The van der Waals surface area contributed by atoms with Crippen molar-refractivity contribution in [3.63, 3.8) is 0 Å². The smallest absolute Gasteiger partial charge is 0.234 e. The SMILES string of the molecule is CCc1nc2ncccn2c1-c1csc(Nc2ccc(OC)c(Cl)c2)n1. The molecule has 0 aliphatic heterocycles. The molecule has 0 spiro atoms. The van der Waals surface area contributed by atoms with Crippen molar-refractivity contribution < 1.29 is 4.74 Å². The van der Waals surface area contributed by atoms with Gasteiger partial charge >= 0.3 is 0 Å². The van der Waals surface area contributed by atoms with Gasteiger partial charge in [-0.3, -0.25) is 4.40 Å². The first-order valence-corrected chi connectivity index (χ1v) is 9.33. The van der Waals surface area contributed by atoms with Gasteiger partial charge in [0.05, 0.1) is 23.5 Å². The first kappa shape index (κ1) is 16.8. The van der Waals surface area contributed by atoms with E-state index in [1.165, 1.54) is 11.3 Å². The molecule has 0 bridgehead atoms. The van der Waals surface area contributed by atoms with Gasteiger partial charge in [0.1, 0.15) is 11.4 Å². The third kappa shape index (κ3) is 3.00. The summed E-state index contributed by atoms with van der Waals surface area (Å²) >= 11 is 7.71. The van der Waals surface area contributed by atoms with Gasteiger partial charge in [-0.2, -0.15) is 0 Å². The number of anilines is 2. The van der Waals surface area contributed by atoms with E-state index in [-0.39, 0.29) is 0 Å². The molecule has 26 heavy (non-hydrogen) atoms. The maximum Gasteiger partial charge on any atom is 0.234 e. The Morgan fingerprint density at radius 2 is 2.19 bits per heavy atom. The zero-order valence-corrected chi connectivity index (χ0v) is 15.8. The van der Waals surface area contributed by atoms with E-state index in [4.69, 9.17) is 21.3 Å². The summed E-state index contributed by atoms with van der Waals surface area (Å²) in [6, 6.07) is 7.44. The van der Waals surface area contributed by atoms with Gasteiger partial charge in [-0.1, -0.05) is 18.5 Å². The highest BCUT2D eigenvalue weighted by molar-refractivity contribution is 7.14. The Balaban J connectivity index is 1.68. The molecule has 1 N–H and O–H groups in total. The maximum absolute atomic E-state index is 6.19. The third-order valence-corrected chi connectivity index (χ3v) is 5.01. The predicted molar refractivity (Wildman–Crippen MR) is 105 cm³/mol. The minimum atomic E-state index is 0.551. The number of nitrogens with one attached hydrogen (secondary N) is 1. The van der Waals surface area contributed by atoms with Gasteiger partial charge in [-0.25, -0.2) is 15.0 Å². The predicted octanol–water partition coefficient (Wildman–Crippen LogP) is 4.82. The first-order chi connectivity index (χ1) is 12.7. The molecule has 1 aromatic carbocycles. The van der Waals surface area contributed by atoms with Gasteiger partial charge in [0.15, 0.2) is 5.13 Å². The van der Waals surface area contributed by atoms with Crippen molar-refractivity contribution >= 4 is 39.5 Å². The summed E-state index contributed by atoms with van der Waals surface area (Å²) in [5.74, 6) is 1.33. The molecule has 3 heterocycles. The number of rotatable bonds is 5. The van der Waals surface area contributed by atoms with Gasteiger partial charge in [-0.05, 0) is 30.7 Å². The monoisotopic (exact) mass is 385 g/mol. The molecule has 4 rings (SSSR count). The lowest BCUT2D eigenvalue weighted by atomic mass is 10.2. The molecular formula is C18H16ClN5OS. The first-order valence-electron chi connectivity index (χ1n) is 8.08. The molecule has 0 radical (unpaired) electrons. The summed E-state index contributed by atoms with van der Waals surface area (Å²) in [5, 5.41) is 6.63. The number of fused-ring (bicyclic) bond motifs is 1. The Labute approximate surface area is 159 Å². The van der Waals surface area contributed by atoms with Crippen LogP contribution in [-0.4, -0.2) is 26.5 Å². The molecule has 132 valence electrons. The fourth-order valence-corrected chi connectivity index (χ4v) is 3.73. The Morgan fingerprint density at radius 1 is 1.31 bits per heavy atom. The number of thiazole rings is 1. The van der Waals surface area contributed by atoms with Crippen LogP contribution in [0, 0.1) is 0 Å². The van der Waals surface area contributed by atoms with E-state index < -0.39 is 0 Å². The second kappa shape index (κ2) is 6.93. The van der Waals surface area contributed by atoms with Gasteiger partial charge in [0.2, 0.25) is 5.78 Å². The second-order valence-corrected chi connectivity index (χ2v) is 6.83. The summed E-state index contributed by atoms with van der Waals surface area (Å²) in [5.41, 5.74) is 3.68. The fourth-order valence-electron chi connectivity index (χ4n) is 2.76. The molecule has 0 unspecified atom stereocenters. The number of nitrogens with zero attached hydrogens (tertiary/aromatic N) is 4. The second-order valence-electron chi connectivity index (χ2n) is 5.56. The summed E-state index contributed by atoms with van der Waals surface area (Å²) in [6.45, 7) is 2.08. The van der Waals surface area contributed by atoms with Crippen LogP contribution in [0.1, 0.15) is 12.6 Å². The van der Waals surface area contributed by atoms with E-state index in [1.54, 1.807) is 13.3 Å². The van der Waals surface area contributed by atoms with Crippen LogP contribution in [0.2, 0.25) is 5.02 Å². The number of benzene rings is 1. The molecule has 4 aromatic rings. The van der Waals surface area contributed by atoms with Crippen molar-refractivity contribution in [1.29, 1.82) is 0 Å². The minimum absolute atomic E-state index is 0.551. The van der Waals surface area contributed by atoms with Crippen LogP contribution < -0.4 is 10.1 Å². The summed E-state index contributed by atoms with van der Waals surface area (Å²) in [7, 11) is 1.59. The summed E-state index contributed by atoms with van der Waals surface area (Å²) in [4.78, 5) is 13.6. The molecular weight excluding hydrogens is 370 g/mol. The zero-order chi connectivity index (χ0) is 18.1. The maximum atomic E-state index is 6.19. The molecule has 0 saturated carbocycles. The number of hydrogen-bond donors (Lipinski definition) is 1. The number of aromatic nitrogens is 4. The van der Waals surface area contributed by atoms with Crippen LogP contribution in [0.15, 0.2) is 42.0 Å². The van der Waals surface area contributed by atoms with E-state index in [0.717, 1.165) is 34.3 Å². The number of methoxy groups -OCH3 is 1. The van der Waals surface area contributed by atoms with Crippen molar-refractivity contribution in [3.05, 3.63) is 52.8 Å². The van der Waals surface area contributed by atoms with Crippen molar-refractivity contribution in [3.8, 4) is 17.1 Å². The molecule has 0 fully saturated rings. The number of halogens is 1. The normalized spacial score (nSPS) is 11.0. The highest BCUT2D eigenvalue weighted by Crippen LogP contribution is 2.32. The number of hydrogen-bond acceptors (Lipinski definition) is 6. The molecule has 0 amide bonds. The lowest BCUT2D eigenvalue weighted by Gasteiger charge is -2.06. The highest BCUT2D eigenvalue weighted by Gasteiger charge is 2.16. The molecule has 8 heteroatoms. The van der Waals surface area contributed by atoms with Crippen molar-refractivity contribution in [2.75, 3.05) is 12.4 Å². The Kier molecular flexibility index (Phi) is 4.48. The summed E-state index contributed by atoms with van der Waals surface area (Å²) < 4.78 is 7.16. The Bertz CT molecular complexity index is 1070. The zero-order valence-electron chi connectivity index (χ0n) is 14.2. The van der Waals surface area contributed by atoms with Crippen LogP contribution in [-0.2, 0) is 6.42 Å². The van der Waals surface area contributed by atoms with E-state index in [9.17, 15) is 0 Å². The van der Waals surface area contributed by atoms with Crippen molar-refractivity contribution in [1.82, 2.24) is 19.4 Å². The molecule has 6 nitrogen and oxygen atoms in total. The number of aryl methyl sites for hydroxylation is 1. The van der Waals surface area contributed by atoms with Gasteiger partial charge < -0.3 is 10.1 Å². The van der Waals surface area contributed by atoms with Crippen molar-refractivity contribution in [2.24, 2.45) is 0 Å². The van der Waals surface area contributed by atoms with Crippen LogP contribution >= 0.6 is 22.9 Å². The molecule has 0 aliphatic carbocycles. The highest BCUT2D eigenvalue weighted by atomic mass is 35.5. The molecule has 0 atom stereocenters. The third-order valence-electron chi connectivity index (χ3n) is 3.96. The standard InChI is InChI=1S/C18H16ClN5OS/c1-3-13-16(24-8-4-7-20-17(24)22-13)14-10-26-18(23-14)21-11-5-6-15(25-2)12(19)9-11/h4-10H,3H2,1-2H3,(H,21,23). The molecule has 3 aromatic heterocycles. The Morgan fingerprint density at radius 3 is 2.96 bits per heavy atom. The van der Waals surface area contributed by atoms with Gasteiger partial charge in [0, 0.05) is 23.5 Å². The van der Waals surface area contributed by atoms with Crippen LogP contribution in [0.3, 0.4) is 0 Å². The topological polar surface area (TPSA) is 64.3 Å². The average molecular weight is 386 g/mol. The van der Waals surface area contributed by atoms with Crippen LogP contribution in [0.5, 0.6) is 5.75 Å². The average Bonchev–Trinajstić information content (AvgIpc) is 3.25. The minimum Gasteiger partial charge on any atom is -0.495 e.